The molecule has 30 heavy (non-hydrogen) atoms. The highest BCUT2D eigenvalue weighted by molar-refractivity contribution is 6.31. The van der Waals surface area contributed by atoms with E-state index in [2.05, 4.69) is 10.2 Å². The summed E-state index contributed by atoms with van der Waals surface area (Å²) < 4.78 is 2.61. The van der Waals surface area contributed by atoms with Crippen LogP contribution in [0, 0.1) is 0 Å². The van der Waals surface area contributed by atoms with Crippen LogP contribution in [0.2, 0.25) is 15.1 Å². The van der Waals surface area contributed by atoms with Crippen LogP contribution >= 0.6 is 34.8 Å². The molecule has 1 N–H and O–H groups in total. The number of hydrogen-bond donors (Lipinski definition) is 1. The number of hydrogen-bond acceptors (Lipinski definition) is 4. The molecule has 1 heterocycles. The van der Waals surface area contributed by atoms with E-state index in [1.807, 2.05) is 0 Å². The molecule has 0 atom stereocenters. The number of rotatable bonds is 4. The molecule has 0 aliphatic rings. The van der Waals surface area contributed by atoms with E-state index < -0.39 is 5.56 Å². The first-order valence-corrected chi connectivity index (χ1v) is 9.83. The highest BCUT2D eigenvalue weighted by Crippen LogP contribution is 2.31. The van der Waals surface area contributed by atoms with Crippen molar-refractivity contribution >= 4 is 46.2 Å². The van der Waals surface area contributed by atoms with Gasteiger partial charge < -0.3 is 5.11 Å². The predicted molar refractivity (Wildman–Crippen MR) is 119 cm³/mol. The summed E-state index contributed by atoms with van der Waals surface area (Å²) in [6, 6.07) is 19.9. The summed E-state index contributed by atoms with van der Waals surface area (Å²) in [7, 11) is 0. The SMILES string of the molecule is O=c1c(N=Nc2ccc(Cl)cc2)c(O)n(-c2ccc(Cl)cc2)n1-c1ccc(Cl)cc1. The Kier molecular flexibility index (Phi) is 5.63. The highest BCUT2D eigenvalue weighted by atomic mass is 35.5. The lowest BCUT2D eigenvalue weighted by Gasteiger charge is -2.12. The van der Waals surface area contributed by atoms with E-state index in [0.717, 1.165) is 0 Å². The first kappa shape index (κ1) is 20.2. The van der Waals surface area contributed by atoms with Gasteiger partial charge >= 0.3 is 5.56 Å². The normalized spacial score (nSPS) is 11.3. The maximum Gasteiger partial charge on any atom is 0.303 e. The van der Waals surface area contributed by atoms with Crippen molar-refractivity contribution in [2.45, 2.75) is 0 Å². The molecule has 0 spiro atoms. The molecule has 0 saturated heterocycles. The molecular formula is C21H13Cl3N4O2. The van der Waals surface area contributed by atoms with Crippen LogP contribution in [0.3, 0.4) is 0 Å². The van der Waals surface area contributed by atoms with Gasteiger partial charge in [0.15, 0.2) is 0 Å². The Bertz CT molecular complexity index is 1280. The van der Waals surface area contributed by atoms with Gasteiger partial charge in [-0.1, -0.05) is 34.8 Å². The molecule has 0 saturated carbocycles. The zero-order valence-corrected chi connectivity index (χ0v) is 17.5. The maximum atomic E-state index is 13.2. The Morgan fingerprint density at radius 2 is 1.07 bits per heavy atom. The van der Waals surface area contributed by atoms with Crippen molar-refractivity contribution in [3.05, 3.63) is 98.2 Å². The first-order chi connectivity index (χ1) is 14.4. The third-order valence-electron chi connectivity index (χ3n) is 4.24. The van der Waals surface area contributed by atoms with Gasteiger partial charge in [-0.3, -0.25) is 4.79 Å². The molecule has 0 radical (unpaired) electrons. The smallest absolute Gasteiger partial charge is 0.303 e. The quantitative estimate of drug-likeness (QED) is 0.344. The molecule has 0 amide bonds. The first-order valence-electron chi connectivity index (χ1n) is 8.70. The summed E-state index contributed by atoms with van der Waals surface area (Å²) in [6.45, 7) is 0. The summed E-state index contributed by atoms with van der Waals surface area (Å²) in [4.78, 5) is 13.2. The molecule has 4 rings (SSSR count). The van der Waals surface area contributed by atoms with Crippen LogP contribution in [0.5, 0.6) is 5.88 Å². The summed E-state index contributed by atoms with van der Waals surface area (Å²) in [5.41, 5.74) is 0.715. The Balaban J connectivity index is 1.90. The predicted octanol–water partition coefficient (Wildman–Crippen LogP) is 6.71. The molecule has 0 bridgehead atoms. The second-order valence-electron chi connectivity index (χ2n) is 6.23. The van der Waals surface area contributed by atoms with E-state index in [-0.39, 0.29) is 11.6 Å². The number of aromatic hydroxyl groups is 1. The highest BCUT2D eigenvalue weighted by Gasteiger charge is 2.22. The maximum absolute atomic E-state index is 13.2. The average Bonchev–Trinajstić information content (AvgIpc) is 2.99. The van der Waals surface area contributed by atoms with Gasteiger partial charge in [-0.05, 0) is 72.8 Å². The lowest BCUT2D eigenvalue weighted by atomic mass is 10.3. The van der Waals surface area contributed by atoms with Gasteiger partial charge in [-0.2, -0.15) is 5.11 Å². The van der Waals surface area contributed by atoms with E-state index in [9.17, 15) is 9.90 Å². The third kappa shape index (κ3) is 3.98. The minimum atomic E-state index is -0.553. The summed E-state index contributed by atoms with van der Waals surface area (Å²) in [5, 5.41) is 20.5. The van der Waals surface area contributed by atoms with Crippen LogP contribution < -0.4 is 5.56 Å². The van der Waals surface area contributed by atoms with Crippen molar-refractivity contribution in [3.8, 4) is 17.3 Å². The van der Waals surface area contributed by atoms with Crippen LogP contribution in [-0.4, -0.2) is 14.5 Å². The van der Waals surface area contributed by atoms with Crippen molar-refractivity contribution in [2.75, 3.05) is 0 Å². The van der Waals surface area contributed by atoms with Gasteiger partial charge in [0, 0.05) is 15.1 Å². The minimum absolute atomic E-state index is 0.213. The standard InChI is InChI=1S/C21H13Cl3N4O2/c22-13-1-7-16(8-2-13)25-26-19-20(29)27(17-9-3-14(23)4-10-17)28(21(19)30)18-11-5-15(24)6-12-18/h1-12,29H. The van der Waals surface area contributed by atoms with Gasteiger partial charge in [0.2, 0.25) is 11.6 Å². The Morgan fingerprint density at radius 1 is 0.633 bits per heavy atom. The molecule has 150 valence electrons. The number of aromatic nitrogens is 2. The van der Waals surface area contributed by atoms with E-state index in [1.165, 1.54) is 9.36 Å². The Morgan fingerprint density at radius 3 is 1.57 bits per heavy atom. The number of benzene rings is 3. The number of azo groups is 1. The fourth-order valence-electron chi connectivity index (χ4n) is 2.82. The summed E-state index contributed by atoms with van der Waals surface area (Å²) in [6.07, 6.45) is 0. The van der Waals surface area contributed by atoms with Crippen molar-refractivity contribution < 1.29 is 5.11 Å². The molecule has 0 aliphatic carbocycles. The molecule has 0 fully saturated rings. The molecule has 9 heteroatoms. The van der Waals surface area contributed by atoms with Crippen molar-refractivity contribution in [1.29, 1.82) is 0 Å². The van der Waals surface area contributed by atoms with E-state index >= 15 is 0 Å². The fourth-order valence-corrected chi connectivity index (χ4v) is 3.20. The molecule has 6 nitrogen and oxygen atoms in total. The Hall–Kier alpha value is -3.06. The molecule has 0 unspecified atom stereocenters. The molecule has 1 aromatic heterocycles. The minimum Gasteiger partial charge on any atom is -0.492 e. The van der Waals surface area contributed by atoms with Crippen LogP contribution in [-0.2, 0) is 0 Å². The van der Waals surface area contributed by atoms with Gasteiger partial charge in [0.05, 0.1) is 17.1 Å². The van der Waals surface area contributed by atoms with Crippen molar-refractivity contribution in [1.82, 2.24) is 9.36 Å². The lowest BCUT2D eigenvalue weighted by Crippen LogP contribution is -2.20. The number of nitrogens with zero attached hydrogens (tertiary/aromatic N) is 4. The zero-order chi connectivity index (χ0) is 21.3. The number of halogens is 3. The second kappa shape index (κ2) is 8.36. The summed E-state index contributed by atoms with van der Waals surface area (Å²) in [5.74, 6) is -0.366. The van der Waals surface area contributed by atoms with E-state index in [4.69, 9.17) is 34.8 Å². The largest absolute Gasteiger partial charge is 0.492 e. The van der Waals surface area contributed by atoms with Crippen LogP contribution in [0.25, 0.3) is 11.4 Å². The van der Waals surface area contributed by atoms with Crippen LogP contribution in [0.15, 0.2) is 87.8 Å². The van der Waals surface area contributed by atoms with Gasteiger partial charge in [0.25, 0.3) is 0 Å². The topological polar surface area (TPSA) is 71.9 Å². The molecule has 0 aliphatic heterocycles. The monoisotopic (exact) mass is 458 g/mol. The zero-order valence-electron chi connectivity index (χ0n) is 15.2. The fraction of sp³-hybridized carbons (Fsp3) is 0. The van der Waals surface area contributed by atoms with E-state index in [1.54, 1.807) is 72.8 Å². The van der Waals surface area contributed by atoms with Crippen molar-refractivity contribution in [3.63, 3.8) is 0 Å². The Labute approximate surface area is 186 Å². The lowest BCUT2D eigenvalue weighted by molar-refractivity contribution is 0.426. The third-order valence-corrected chi connectivity index (χ3v) is 5.00. The van der Waals surface area contributed by atoms with Crippen LogP contribution in [0.1, 0.15) is 0 Å². The second-order valence-corrected chi connectivity index (χ2v) is 7.54. The summed E-state index contributed by atoms with van der Waals surface area (Å²) >= 11 is 17.8. The van der Waals surface area contributed by atoms with Crippen molar-refractivity contribution in [2.24, 2.45) is 10.2 Å². The molecule has 3 aromatic carbocycles. The van der Waals surface area contributed by atoms with Gasteiger partial charge in [-0.15, -0.1) is 5.11 Å². The van der Waals surface area contributed by atoms with Gasteiger partial charge in [-0.25, -0.2) is 9.36 Å². The molecule has 4 aromatic rings. The average molecular weight is 460 g/mol. The molecular weight excluding hydrogens is 447 g/mol. The van der Waals surface area contributed by atoms with Crippen LogP contribution in [0.4, 0.5) is 11.4 Å². The van der Waals surface area contributed by atoms with Gasteiger partial charge in [0.1, 0.15) is 0 Å². The van der Waals surface area contributed by atoms with E-state index in [0.29, 0.717) is 32.1 Å².